The summed E-state index contributed by atoms with van der Waals surface area (Å²) in [5.74, 6) is 0.855. The van der Waals surface area contributed by atoms with Crippen molar-refractivity contribution in [3.8, 4) is 23.0 Å². The Bertz CT molecular complexity index is 1000. The Morgan fingerprint density at radius 1 is 0.808 bits per heavy atom. The fourth-order valence-corrected chi connectivity index (χ4v) is 2.67. The smallest absolute Gasteiger partial charge is 0.180 e. The molecule has 7 heteroatoms. The third-order valence-corrected chi connectivity index (χ3v) is 3.92. The van der Waals surface area contributed by atoms with Gasteiger partial charge in [0.2, 0.25) is 0 Å². The van der Waals surface area contributed by atoms with E-state index < -0.39 is 0 Å². The Labute approximate surface area is 149 Å². The fourth-order valence-electron chi connectivity index (χ4n) is 2.67. The summed E-state index contributed by atoms with van der Waals surface area (Å²) < 4.78 is 15.7. The zero-order chi connectivity index (χ0) is 17.8. The molecule has 4 rings (SSSR count). The molecule has 0 spiro atoms. The zero-order valence-corrected chi connectivity index (χ0v) is 13.8. The van der Waals surface area contributed by atoms with E-state index in [1.165, 1.54) is 6.07 Å². The topological polar surface area (TPSA) is 69.4 Å². The molecule has 0 aliphatic carbocycles. The van der Waals surface area contributed by atoms with Crippen molar-refractivity contribution in [2.24, 2.45) is 0 Å². The molecule has 0 aliphatic rings. The second kappa shape index (κ2) is 7.18. The lowest BCUT2D eigenvalue weighted by Crippen LogP contribution is -2.07. The quantitative estimate of drug-likeness (QED) is 0.555. The van der Waals surface area contributed by atoms with E-state index in [-0.39, 0.29) is 5.82 Å². The standard InChI is InChI=1S/C19H15FN6/c20-15-6-2-1-5-14(15)7-12-26-17(19-23-10-4-11-24-19)13-16(25-26)18-21-8-3-9-22-18/h1-6,8-11,13H,7,12H2. The Balaban J connectivity index is 1.70. The van der Waals surface area contributed by atoms with Crippen LogP contribution in [-0.2, 0) is 13.0 Å². The van der Waals surface area contributed by atoms with Crippen molar-refractivity contribution >= 4 is 0 Å². The van der Waals surface area contributed by atoms with Gasteiger partial charge in [-0.1, -0.05) is 18.2 Å². The number of nitrogens with zero attached hydrogens (tertiary/aromatic N) is 6. The number of aryl methyl sites for hydroxylation is 2. The van der Waals surface area contributed by atoms with Crippen LogP contribution in [0, 0.1) is 5.82 Å². The highest BCUT2D eigenvalue weighted by molar-refractivity contribution is 5.60. The van der Waals surface area contributed by atoms with Crippen molar-refractivity contribution < 1.29 is 4.39 Å². The molecule has 0 unspecified atom stereocenters. The van der Waals surface area contributed by atoms with Gasteiger partial charge < -0.3 is 0 Å². The van der Waals surface area contributed by atoms with Crippen molar-refractivity contribution in [3.05, 3.63) is 78.6 Å². The molecule has 0 N–H and O–H groups in total. The number of benzene rings is 1. The Morgan fingerprint density at radius 3 is 2.15 bits per heavy atom. The maximum atomic E-state index is 13.9. The fraction of sp³-hybridized carbons (Fsp3) is 0.105. The third-order valence-electron chi connectivity index (χ3n) is 3.92. The summed E-state index contributed by atoms with van der Waals surface area (Å²) in [7, 11) is 0. The molecule has 128 valence electrons. The molecule has 0 atom stereocenters. The number of hydrogen-bond donors (Lipinski definition) is 0. The van der Waals surface area contributed by atoms with E-state index in [0.717, 1.165) is 5.69 Å². The molecule has 26 heavy (non-hydrogen) atoms. The maximum absolute atomic E-state index is 13.9. The third kappa shape index (κ3) is 3.32. The zero-order valence-electron chi connectivity index (χ0n) is 13.8. The van der Waals surface area contributed by atoms with Crippen LogP contribution in [0.5, 0.6) is 0 Å². The van der Waals surface area contributed by atoms with Gasteiger partial charge in [-0.15, -0.1) is 0 Å². The number of hydrogen-bond acceptors (Lipinski definition) is 5. The van der Waals surface area contributed by atoms with Gasteiger partial charge in [0.15, 0.2) is 11.6 Å². The largest absolute Gasteiger partial charge is 0.261 e. The summed E-state index contributed by atoms with van der Waals surface area (Å²) >= 11 is 0. The first-order valence-electron chi connectivity index (χ1n) is 8.17. The highest BCUT2D eigenvalue weighted by Crippen LogP contribution is 2.22. The maximum Gasteiger partial charge on any atom is 0.180 e. The van der Waals surface area contributed by atoms with Crippen LogP contribution < -0.4 is 0 Å². The van der Waals surface area contributed by atoms with Gasteiger partial charge in [-0.05, 0) is 36.2 Å². The highest BCUT2D eigenvalue weighted by Gasteiger charge is 2.15. The molecular weight excluding hydrogens is 331 g/mol. The van der Waals surface area contributed by atoms with Gasteiger partial charge >= 0.3 is 0 Å². The van der Waals surface area contributed by atoms with Gasteiger partial charge in [0.25, 0.3) is 0 Å². The van der Waals surface area contributed by atoms with Crippen LogP contribution in [0.4, 0.5) is 4.39 Å². The molecule has 4 aromatic rings. The summed E-state index contributed by atoms with van der Waals surface area (Å²) in [4.78, 5) is 17.1. The van der Waals surface area contributed by atoms with Gasteiger partial charge in [0.1, 0.15) is 17.2 Å². The van der Waals surface area contributed by atoms with Crippen molar-refractivity contribution in [1.82, 2.24) is 29.7 Å². The van der Waals surface area contributed by atoms with Gasteiger partial charge in [-0.2, -0.15) is 5.10 Å². The van der Waals surface area contributed by atoms with Crippen LogP contribution in [0.15, 0.2) is 67.3 Å². The average Bonchev–Trinajstić information content (AvgIpc) is 3.13. The minimum Gasteiger partial charge on any atom is -0.261 e. The lowest BCUT2D eigenvalue weighted by Gasteiger charge is -2.07. The summed E-state index contributed by atoms with van der Waals surface area (Å²) in [6.07, 6.45) is 7.19. The van der Waals surface area contributed by atoms with Gasteiger partial charge in [0, 0.05) is 31.3 Å². The molecule has 0 amide bonds. The lowest BCUT2D eigenvalue weighted by molar-refractivity contribution is 0.575. The molecule has 0 fully saturated rings. The van der Waals surface area contributed by atoms with Crippen LogP contribution in [0.3, 0.4) is 0 Å². The first-order chi connectivity index (χ1) is 12.8. The second-order valence-electron chi connectivity index (χ2n) is 5.62. The molecule has 6 nitrogen and oxygen atoms in total. The van der Waals surface area contributed by atoms with Crippen LogP contribution in [0.1, 0.15) is 5.56 Å². The summed E-state index contributed by atoms with van der Waals surface area (Å²) in [6.45, 7) is 0.487. The second-order valence-corrected chi connectivity index (χ2v) is 5.62. The minimum absolute atomic E-state index is 0.219. The molecule has 0 saturated heterocycles. The molecule has 3 aromatic heterocycles. The van der Waals surface area contributed by atoms with Crippen LogP contribution in [0.2, 0.25) is 0 Å². The summed E-state index contributed by atoms with van der Waals surface area (Å²) in [6, 6.07) is 12.1. The predicted molar refractivity (Wildman–Crippen MR) is 94.4 cm³/mol. The Kier molecular flexibility index (Phi) is 4.42. The molecule has 1 aromatic carbocycles. The van der Waals surface area contributed by atoms with E-state index >= 15 is 0 Å². The number of rotatable bonds is 5. The molecule has 3 heterocycles. The predicted octanol–water partition coefficient (Wildman–Crippen LogP) is 3.18. The van der Waals surface area contributed by atoms with E-state index in [0.29, 0.717) is 35.9 Å². The van der Waals surface area contributed by atoms with Crippen LogP contribution in [-0.4, -0.2) is 29.7 Å². The van der Waals surface area contributed by atoms with Crippen molar-refractivity contribution in [1.29, 1.82) is 0 Å². The highest BCUT2D eigenvalue weighted by atomic mass is 19.1. The normalized spacial score (nSPS) is 10.8. The van der Waals surface area contributed by atoms with Crippen LogP contribution >= 0.6 is 0 Å². The molecular formula is C19H15FN6. The molecule has 0 saturated carbocycles. The molecule has 0 radical (unpaired) electrons. The van der Waals surface area contributed by atoms with E-state index in [2.05, 4.69) is 25.0 Å². The van der Waals surface area contributed by atoms with E-state index in [4.69, 9.17) is 0 Å². The Hall–Kier alpha value is -3.48. The molecule has 0 aliphatic heterocycles. The average molecular weight is 346 g/mol. The SMILES string of the molecule is Fc1ccccc1CCn1nc(-c2ncccn2)cc1-c1ncccn1. The first kappa shape index (κ1) is 16.0. The lowest BCUT2D eigenvalue weighted by atomic mass is 10.1. The van der Waals surface area contributed by atoms with Gasteiger partial charge in [-0.25, -0.2) is 24.3 Å². The van der Waals surface area contributed by atoms with Crippen molar-refractivity contribution in [2.75, 3.05) is 0 Å². The molecule has 0 bridgehead atoms. The first-order valence-corrected chi connectivity index (χ1v) is 8.17. The Morgan fingerprint density at radius 2 is 1.46 bits per heavy atom. The minimum atomic E-state index is -0.219. The van der Waals surface area contributed by atoms with E-state index in [9.17, 15) is 4.39 Å². The summed E-state index contributed by atoms with van der Waals surface area (Å²) in [5.41, 5.74) is 2.01. The number of halogens is 1. The van der Waals surface area contributed by atoms with Crippen molar-refractivity contribution in [3.63, 3.8) is 0 Å². The van der Waals surface area contributed by atoms with E-state index in [1.807, 2.05) is 12.1 Å². The van der Waals surface area contributed by atoms with Gasteiger partial charge in [-0.3, -0.25) is 4.68 Å². The van der Waals surface area contributed by atoms with E-state index in [1.54, 1.807) is 53.7 Å². The van der Waals surface area contributed by atoms with Crippen molar-refractivity contribution in [2.45, 2.75) is 13.0 Å². The monoisotopic (exact) mass is 346 g/mol. The number of aromatic nitrogens is 6. The van der Waals surface area contributed by atoms with Gasteiger partial charge in [0.05, 0.1) is 0 Å². The summed E-state index contributed by atoms with van der Waals surface area (Å²) in [5, 5.41) is 4.59. The van der Waals surface area contributed by atoms with Crippen LogP contribution in [0.25, 0.3) is 23.0 Å².